The predicted octanol–water partition coefficient (Wildman–Crippen LogP) is 3.55. The van der Waals surface area contributed by atoms with Crippen LogP contribution >= 0.6 is 0 Å². The maximum Gasteiger partial charge on any atom is 0.407 e. The molecule has 4 rings (SSSR count). The zero-order valence-electron chi connectivity index (χ0n) is 22.7. The average Bonchev–Trinajstić information content (AvgIpc) is 3.30. The fraction of sp³-hybridized carbons (Fsp3) is 0.323. The van der Waals surface area contributed by atoms with E-state index in [1.54, 1.807) is 0 Å². The number of fused-ring (bicyclic) bond motifs is 3. The summed E-state index contributed by atoms with van der Waals surface area (Å²) in [6, 6.07) is 24.6. The molecule has 216 valence electrons. The lowest BCUT2D eigenvalue weighted by Gasteiger charge is -2.17. The van der Waals surface area contributed by atoms with Crippen LogP contribution in [0.2, 0.25) is 0 Å². The molecule has 0 radical (unpaired) electrons. The van der Waals surface area contributed by atoms with Crippen molar-refractivity contribution < 1.29 is 33.7 Å². The Labute approximate surface area is 239 Å². The third-order valence-corrected chi connectivity index (χ3v) is 6.67. The van der Waals surface area contributed by atoms with Crippen LogP contribution in [-0.4, -0.2) is 75.4 Å². The molecule has 0 saturated carbocycles. The summed E-state index contributed by atoms with van der Waals surface area (Å²) in [6.45, 7) is 1.95. The Morgan fingerprint density at radius 1 is 0.732 bits per heavy atom. The lowest BCUT2D eigenvalue weighted by atomic mass is 9.98. The molecular formula is C31H35N3O7. The number of amides is 3. The summed E-state index contributed by atoms with van der Waals surface area (Å²) in [5, 5.41) is 16.7. The van der Waals surface area contributed by atoms with Gasteiger partial charge in [-0.15, -0.1) is 0 Å². The quantitative estimate of drug-likeness (QED) is 0.209. The van der Waals surface area contributed by atoms with Gasteiger partial charge in [0.1, 0.15) is 12.6 Å². The van der Waals surface area contributed by atoms with E-state index in [4.69, 9.17) is 19.3 Å². The zero-order valence-corrected chi connectivity index (χ0v) is 22.7. The zero-order chi connectivity index (χ0) is 28.9. The van der Waals surface area contributed by atoms with E-state index in [-0.39, 0.29) is 32.1 Å². The maximum absolute atomic E-state index is 12.4. The molecule has 0 saturated heterocycles. The van der Waals surface area contributed by atoms with Gasteiger partial charge in [0, 0.05) is 25.4 Å². The molecule has 1 aliphatic carbocycles. The van der Waals surface area contributed by atoms with Crippen LogP contribution in [0.5, 0.6) is 0 Å². The van der Waals surface area contributed by atoms with Gasteiger partial charge in [-0.1, -0.05) is 78.9 Å². The highest BCUT2D eigenvalue weighted by atomic mass is 16.6. The van der Waals surface area contributed by atoms with E-state index in [0.29, 0.717) is 26.4 Å². The first kappa shape index (κ1) is 29.6. The van der Waals surface area contributed by atoms with Gasteiger partial charge >= 0.3 is 12.2 Å². The van der Waals surface area contributed by atoms with Gasteiger partial charge in [-0.05, 0) is 27.8 Å². The number of hydrogen-bond donors (Lipinski definition) is 4. The Kier molecular flexibility index (Phi) is 11.1. The van der Waals surface area contributed by atoms with Crippen molar-refractivity contribution in [1.82, 2.24) is 16.0 Å². The SMILES string of the molecule is O=C(O)N[C@@H](Cc1ccccc1)C(=O)NCCOCCOCCNC(=O)OCC1c2ccccc2-c2ccccc21. The Balaban J connectivity index is 1.04. The summed E-state index contributed by atoms with van der Waals surface area (Å²) < 4.78 is 16.4. The van der Waals surface area contributed by atoms with Gasteiger partial charge in [0.2, 0.25) is 5.91 Å². The number of carboxylic acid groups (broad SMARTS) is 1. The van der Waals surface area contributed by atoms with E-state index in [1.807, 2.05) is 54.6 Å². The lowest BCUT2D eigenvalue weighted by molar-refractivity contribution is -0.123. The molecule has 1 atom stereocenters. The molecule has 0 bridgehead atoms. The highest BCUT2D eigenvalue weighted by molar-refractivity contribution is 5.85. The summed E-state index contributed by atoms with van der Waals surface area (Å²) in [5.41, 5.74) is 5.53. The van der Waals surface area contributed by atoms with Crippen molar-refractivity contribution in [1.29, 1.82) is 0 Å². The molecule has 0 aliphatic heterocycles. The molecular weight excluding hydrogens is 526 g/mol. The van der Waals surface area contributed by atoms with Gasteiger partial charge in [-0.25, -0.2) is 9.59 Å². The topological polar surface area (TPSA) is 135 Å². The summed E-state index contributed by atoms with van der Waals surface area (Å²) in [7, 11) is 0. The van der Waals surface area contributed by atoms with Crippen LogP contribution < -0.4 is 16.0 Å². The highest BCUT2D eigenvalue weighted by Gasteiger charge is 2.29. The van der Waals surface area contributed by atoms with Crippen molar-refractivity contribution in [3.8, 4) is 11.1 Å². The minimum atomic E-state index is -1.26. The van der Waals surface area contributed by atoms with Crippen molar-refractivity contribution in [3.05, 3.63) is 95.6 Å². The third-order valence-electron chi connectivity index (χ3n) is 6.67. The highest BCUT2D eigenvalue weighted by Crippen LogP contribution is 2.44. The second-order valence-electron chi connectivity index (χ2n) is 9.46. The number of ether oxygens (including phenoxy) is 3. The van der Waals surface area contributed by atoms with Crippen molar-refractivity contribution in [3.63, 3.8) is 0 Å². The molecule has 41 heavy (non-hydrogen) atoms. The van der Waals surface area contributed by atoms with Crippen molar-refractivity contribution in [2.75, 3.05) is 46.1 Å². The number of hydrogen-bond acceptors (Lipinski definition) is 6. The molecule has 0 fully saturated rings. The largest absolute Gasteiger partial charge is 0.465 e. The number of carbonyl (C=O) groups excluding carboxylic acids is 2. The van der Waals surface area contributed by atoms with Gasteiger partial charge in [0.25, 0.3) is 0 Å². The van der Waals surface area contributed by atoms with Crippen LogP contribution in [0, 0.1) is 0 Å². The Hall–Kier alpha value is -4.41. The van der Waals surface area contributed by atoms with Gasteiger partial charge in [-0.2, -0.15) is 0 Å². The first-order valence-electron chi connectivity index (χ1n) is 13.6. The van der Waals surface area contributed by atoms with Crippen LogP contribution in [0.15, 0.2) is 78.9 Å². The average molecular weight is 562 g/mol. The molecule has 3 amide bonds. The van der Waals surface area contributed by atoms with Gasteiger partial charge in [0.05, 0.1) is 26.4 Å². The second kappa shape index (κ2) is 15.4. The van der Waals surface area contributed by atoms with Crippen LogP contribution in [0.3, 0.4) is 0 Å². The molecule has 10 heteroatoms. The van der Waals surface area contributed by atoms with Gasteiger partial charge in [0.15, 0.2) is 0 Å². The Morgan fingerprint density at radius 2 is 1.29 bits per heavy atom. The van der Waals surface area contributed by atoms with E-state index in [1.165, 1.54) is 11.1 Å². The Morgan fingerprint density at radius 3 is 1.90 bits per heavy atom. The molecule has 3 aromatic carbocycles. The van der Waals surface area contributed by atoms with Crippen LogP contribution in [0.1, 0.15) is 22.6 Å². The summed E-state index contributed by atoms with van der Waals surface area (Å²) in [4.78, 5) is 35.7. The predicted molar refractivity (Wildman–Crippen MR) is 153 cm³/mol. The van der Waals surface area contributed by atoms with Gasteiger partial charge in [-0.3, -0.25) is 4.79 Å². The molecule has 0 heterocycles. The molecule has 4 N–H and O–H groups in total. The first-order chi connectivity index (χ1) is 20.0. The fourth-order valence-corrected chi connectivity index (χ4v) is 4.77. The Bertz CT molecular complexity index is 1260. The summed E-state index contributed by atoms with van der Waals surface area (Å²) in [6.07, 6.45) is -1.51. The van der Waals surface area contributed by atoms with Crippen LogP contribution in [0.4, 0.5) is 9.59 Å². The summed E-state index contributed by atoms with van der Waals surface area (Å²) >= 11 is 0. The third kappa shape index (κ3) is 8.79. The molecule has 0 aromatic heterocycles. The van der Waals surface area contributed by atoms with E-state index in [2.05, 4.69) is 40.2 Å². The number of benzene rings is 3. The lowest BCUT2D eigenvalue weighted by Crippen LogP contribution is -2.48. The monoisotopic (exact) mass is 561 g/mol. The summed E-state index contributed by atoms with van der Waals surface area (Å²) in [5.74, 6) is -0.412. The minimum absolute atomic E-state index is 0.00881. The molecule has 10 nitrogen and oxygen atoms in total. The number of alkyl carbamates (subject to hydrolysis) is 1. The number of rotatable bonds is 15. The molecule has 0 spiro atoms. The molecule has 1 aliphatic rings. The van der Waals surface area contributed by atoms with E-state index in [9.17, 15) is 14.4 Å². The van der Waals surface area contributed by atoms with E-state index in [0.717, 1.165) is 16.7 Å². The van der Waals surface area contributed by atoms with E-state index < -0.39 is 24.1 Å². The maximum atomic E-state index is 12.4. The number of carbonyl (C=O) groups is 3. The van der Waals surface area contributed by atoms with Crippen molar-refractivity contribution in [2.45, 2.75) is 18.4 Å². The van der Waals surface area contributed by atoms with Crippen LogP contribution in [-0.2, 0) is 25.4 Å². The minimum Gasteiger partial charge on any atom is -0.465 e. The van der Waals surface area contributed by atoms with Crippen molar-refractivity contribution in [2.24, 2.45) is 0 Å². The number of nitrogens with one attached hydrogen (secondary N) is 3. The molecule has 0 unspecified atom stereocenters. The standard InChI is InChI=1S/C31H35N3O7/c35-29(28(34-30(36)37)20-22-8-2-1-3-9-22)32-14-16-39-18-19-40-17-15-33-31(38)41-21-27-25-12-6-4-10-23(25)24-11-5-7-13-26(24)27/h1-13,27-28,34H,14-21H2,(H,32,35)(H,33,38)(H,36,37)/t28-/m0/s1. The van der Waals surface area contributed by atoms with Crippen LogP contribution in [0.25, 0.3) is 11.1 Å². The molecule has 3 aromatic rings. The first-order valence-corrected chi connectivity index (χ1v) is 13.6. The second-order valence-corrected chi connectivity index (χ2v) is 9.46. The fourth-order valence-electron chi connectivity index (χ4n) is 4.77. The van der Waals surface area contributed by atoms with Gasteiger partial charge < -0.3 is 35.3 Å². The normalized spacial score (nSPS) is 12.6. The van der Waals surface area contributed by atoms with E-state index >= 15 is 0 Å². The smallest absolute Gasteiger partial charge is 0.407 e. The van der Waals surface area contributed by atoms with Crippen molar-refractivity contribution >= 4 is 18.1 Å².